The van der Waals surface area contributed by atoms with Gasteiger partial charge in [0.1, 0.15) is 0 Å². The van der Waals surface area contributed by atoms with Crippen LogP contribution < -0.4 is 4.90 Å². The number of hydrogen-bond acceptors (Lipinski definition) is 3. The van der Waals surface area contributed by atoms with Crippen molar-refractivity contribution in [1.29, 1.82) is 5.26 Å². The molecule has 0 bridgehead atoms. The zero-order valence-corrected chi connectivity index (χ0v) is 10.3. The number of aliphatic hydroxyl groups excluding tert-OH is 1. The Morgan fingerprint density at radius 2 is 2.15 bits per heavy atom. The molecule has 0 radical (unpaired) electrons. The minimum atomic E-state index is -4.65. The van der Waals surface area contributed by atoms with Crippen LogP contribution in [0.1, 0.15) is 17.5 Å². The van der Waals surface area contributed by atoms with E-state index in [1.54, 1.807) is 0 Å². The van der Waals surface area contributed by atoms with Crippen LogP contribution in [-0.4, -0.2) is 24.2 Å². The van der Waals surface area contributed by atoms with E-state index in [9.17, 15) is 18.0 Å². The summed E-state index contributed by atoms with van der Waals surface area (Å²) in [7, 11) is 0. The molecule has 1 saturated heterocycles. The molecule has 1 aromatic carbocycles. The molecule has 1 aliphatic rings. The van der Waals surface area contributed by atoms with E-state index in [1.165, 1.54) is 17.0 Å². The maximum absolute atomic E-state index is 12.8. The van der Waals surface area contributed by atoms with Gasteiger partial charge in [0.05, 0.1) is 17.2 Å². The number of amides is 1. The van der Waals surface area contributed by atoms with Crippen molar-refractivity contribution in [2.24, 2.45) is 5.92 Å². The fourth-order valence-corrected chi connectivity index (χ4v) is 2.19. The van der Waals surface area contributed by atoms with Crippen LogP contribution in [0.5, 0.6) is 0 Å². The topological polar surface area (TPSA) is 64.3 Å². The van der Waals surface area contributed by atoms with Crippen LogP contribution in [0.2, 0.25) is 0 Å². The molecule has 1 N–H and O–H groups in total. The van der Waals surface area contributed by atoms with Crippen LogP contribution in [0, 0.1) is 17.2 Å². The van der Waals surface area contributed by atoms with Crippen LogP contribution in [0.4, 0.5) is 18.9 Å². The van der Waals surface area contributed by atoms with Crippen LogP contribution in [0.3, 0.4) is 0 Å². The SMILES string of the molecule is N#Cc1ccc(N2CC(CO)CC2=O)cc1C(F)(F)F. The molecule has 1 heterocycles. The summed E-state index contributed by atoms with van der Waals surface area (Å²) in [6, 6.07) is 4.65. The number of benzene rings is 1. The van der Waals surface area contributed by atoms with Gasteiger partial charge in [0, 0.05) is 31.2 Å². The lowest BCUT2D eigenvalue weighted by Gasteiger charge is -2.18. The van der Waals surface area contributed by atoms with E-state index in [-0.39, 0.29) is 37.1 Å². The first-order valence-corrected chi connectivity index (χ1v) is 5.89. The number of hydrogen-bond donors (Lipinski definition) is 1. The van der Waals surface area contributed by atoms with Gasteiger partial charge in [-0.25, -0.2) is 0 Å². The summed E-state index contributed by atoms with van der Waals surface area (Å²) in [6.07, 6.45) is -4.54. The fourth-order valence-electron chi connectivity index (χ4n) is 2.19. The summed E-state index contributed by atoms with van der Waals surface area (Å²) in [5, 5.41) is 17.7. The second-order valence-electron chi connectivity index (χ2n) is 4.60. The number of nitriles is 1. The van der Waals surface area contributed by atoms with Crippen molar-refractivity contribution in [1.82, 2.24) is 0 Å². The third-order valence-corrected chi connectivity index (χ3v) is 3.20. The van der Waals surface area contributed by atoms with E-state index in [1.807, 2.05) is 0 Å². The number of aliphatic hydroxyl groups is 1. The Kier molecular flexibility index (Phi) is 3.68. The number of rotatable bonds is 2. The van der Waals surface area contributed by atoms with E-state index in [4.69, 9.17) is 10.4 Å². The first-order valence-electron chi connectivity index (χ1n) is 5.89. The van der Waals surface area contributed by atoms with Crippen molar-refractivity contribution in [2.45, 2.75) is 12.6 Å². The van der Waals surface area contributed by atoms with Crippen molar-refractivity contribution < 1.29 is 23.1 Å². The maximum atomic E-state index is 12.8. The highest BCUT2D eigenvalue weighted by molar-refractivity contribution is 5.95. The monoisotopic (exact) mass is 284 g/mol. The second-order valence-corrected chi connectivity index (χ2v) is 4.60. The van der Waals surface area contributed by atoms with Crippen molar-refractivity contribution >= 4 is 11.6 Å². The van der Waals surface area contributed by atoms with Crippen molar-refractivity contribution in [3.05, 3.63) is 29.3 Å². The van der Waals surface area contributed by atoms with Crippen LogP contribution in [-0.2, 0) is 11.0 Å². The van der Waals surface area contributed by atoms with Crippen molar-refractivity contribution in [2.75, 3.05) is 18.1 Å². The van der Waals surface area contributed by atoms with Crippen LogP contribution in [0.25, 0.3) is 0 Å². The lowest BCUT2D eigenvalue weighted by molar-refractivity contribution is -0.137. The van der Waals surface area contributed by atoms with Gasteiger partial charge >= 0.3 is 6.18 Å². The van der Waals surface area contributed by atoms with E-state index >= 15 is 0 Å². The smallest absolute Gasteiger partial charge is 0.396 e. The zero-order chi connectivity index (χ0) is 14.9. The number of carbonyl (C=O) groups excluding carboxylic acids is 1. The molecule has 1 aromatic rings. The van der Waals surface area contributed by atoms with Crippen LogP contribution >= 0.6 is 0 Å². The molecular formula is C13H11F3N2O2. The second kappa shape index (κ2) is 5.13. The largest absolute Gasteiger partial charge is 0.417 e. The Hall–Kier alpha value is -2.07. The molecule has 1 aliphatic heterocycles. The first kappa shape index (κ1) is 14.3. The highest BCUT2D eigenvalue weighted by atomic mass is 19.4. The van der Waals surface area contributed by atoms with Crippen LogP contribution in [0.15, 0.2) is 18.2 Å². The van der Waals surface area contributed by atoms with Gasteiger partial charge < -0.3 is 10.0 Å². The van der Waals surface area contributed by atoms with Gasteiger partial charge in [0.2, 0.25) is 5.91 Å². The minimum absolute atomic E-state index is 0.0947. The van der Waals surface area contributed by atoms with Gasteiger partial charge in [0.15, 0.2) is 0 Å². The zero-order valence-electron chi connectivity index (χ0n) is 10.3. The molecule has 1 fully saturated rings. The van der Waals surface area contributed by atoms with E-state index < -0.39 is 17.3 Å². The third-order valence-electron chi connectivity index (χ3n) is 3.20. The third kappa shape index (κ3) is 2.60. The summed E-state index contributed by atoms with van der Waals surface area (Å²) in [4.78, 5) is 12.9. The molecule has 2 rings (SSSR count). The Morgan fingerprint density at radius 1 is 1.45 bits per heavy atom. The average molecular weight is 284 g/mol. The minimum Gasteiger partial charge on any atom is -0.396 e. The summed E-state index contributed by atoms with van der Waals surface area (Å²) >= 11 is 0. The number of alkyl halides is 3. The molecule has 7 heteroatoms. The fraction of sp³-hybridized carbons (Fsp3) is 0.385. The van der Waals surface area contributed by atoms with Crippen molar-refractivity contribution in [3.8, 4) is 6.07 Å². The van der Waals surface area contributed by atoms with E-state index in [0.29, 0.717) is 0 Å². The average Bonchev–Trinajstić information content (AvgIpc) is 2.78. The van der Waals surface area contributed by atoms with Gasteiger partial charge in [-0.1, -0.05) is 0 Å². The van der Waals surface area contributed by atoms with Gasteiger partial charge in [-0.2, -0.15) is 18.4 Å². The quantitative estimate of drug-likeness (QED) is 0.902. The Bertz CT molecular complexity index is 578. The summed E-state index contributed by atoms with van der Waals surface area (Å²) in [5.41, 5.74) is -1.44. The lowest BCUT2D eigenvalue weighted by Crippen LogP contribution is -2.25. The lowest BCUT2D eigenvalue weighted by atomic mass is 10.1. The molecule has 0 saturated carbocycles. The number of carbonyl (C=O) groups is 1. The highest BCUT2D eigenvalue weighted by Crippen LogP contribution is 2.35. The molecule has 20 heavy (non-hydrogen) atoms. The highest BCUT2D eigenvalue weighted by Gasteiger charge is 2.36. The molecule has 1 atom stereocenters. The molecular weight excluding hydrogens is 273 g/mol. The molecule has 1 unspecified atom stereocenters. The molecule has 0 aromatic heterocycles. The summed E-state index contributed by atoms with van der Waals surface area (Å²) < 4.78 is 38.5. The van der Waals surface area contributed by atoms with Gasteiger partial charge in [-0.05, 0) is 18.2 Å². The Balaban J connectivity index is 2.40. The Labute approximate surface area is 113 Å². The standard InChI is InChI=1S/C13H11F3N2O2/c14-13(15,16)11-4-10(2-1-9(11)5-17)18-6-8(7-19)3-12(18)20/h1-2,4,8,19H,3,6-7H2. The predicted molar refractivity (Wildman–Crippen MR) is 63.7 cm³/mol. The van der Waals surface area contributed by atoms with E-state index in [2.05, 4.69) is 0 Å². The Morgan fingerprint density at radius 3 is 2.65 bits per heavy atom. The summed E-state index contributed by atoms with van der Waals surface area (Å²) in [5.74, 6) is -0.602. The van der Waals surface area contributed by atoms with Crippen molar-refractivity contribution in [3.63, 3.8) is 0 Å². The van der Waals surface area contributed by atoms with E-state index in [0.717, 1.165) is 12.1 Å². The molecule has 0 aliphatic carbocycles. The predicted octanol–water partition coefficient (Wildman–Crippen LogP) is 1.92. The van der Waals surface area contributed by atoms with Gasteiger partial charge in [-0.15, -0.1) is 0 Å². The molecule has 106 valence electrons. The van der Waals surface area contributed by atoms with Gasteiger partial charge in [-0.3, -0.25) is 4.79 Å². The number of nitrogens with zero attached hydrogens (tertiary/aromatic N) is 2. The molecule has 1 amide bonds. The molecule has 0 spiro atoms. The summed E-state index contributed by atoms with van der Waals surface area (Å²) in [6.45, 7) is -0.0107. The molecule has 4 nitrogen and oxygen atoms in total. The first-order chi connectivity index (χ1) is 9.36. The maximum Gasteiger partial charge on any atom is 0.417 e. The normalized spacial score (nSPS) is 19.2. The number of halogens is 3. The number of anilines is 1. The van der Waals surface area contributed by atoms with Gasteiger partial charge in [0.25, 0.3) is 0 Å².